The molecule has 0 aromatic heterocycles. The summed E-state index contributed by atoms with van der Waals surface area (Å²) in [7, 11) is -3.44. The van der Waals surface area contributed by atoms with E-state index in [4.69, 9.17) is 0 Å². The lowest BCUT2D eigenvalue weighted by molar-refractivity contribution is 0.199. The van der Waals surface area contributed by atoms with Crippen LogP contribution in [0.25, 0.3) is 0 Å². The lowest BCUT2D eigenvalue weighted by Crippen LogP contribution is -2.31. The normalized spacial score (nSPS) is 18.9. The van der Waals surface area contributed by atoms with Crippen molar-refractivity contribution in [1.29, 1.82) is 0 Å². The van der Waals surface area contributed by atoms with Gasteiger partial charge in [0.2, 0.25) is 10.0 Å². The molecule has 1 aromatic rings. The van der Waals surface area contributed by atoms with E-state index in [0.29, 0.717) is 18.0 Å². The minimum atomic E-state index is -3.44. The molecule has 1 aliphatic rings. The number of rotatable bonds is 5. The Morgan fingerprint density at radius 1 is 1.30 bits per heavy atom. The predicted octanol–water partition coefficient (Wildman–Crippen LogP) is 2.16. The van der Waals surface area contributed by atoms with Gasteiger partial charge >= 0.3 is 0 Å². The van der Waals surface area contributed by atoms with Crippen LogP contribution in [-0.2, 0) is 10.0 Å². The molecule has 1 saturated heterocycles. The highest BCUT2D eigenvalue weighted by molar-refractivity contribution is 7.99. The monoisotopic (exact) mass is 315 g/mol. The first-order valence-electron chi connectivity index (χ1n) is 6.84. The third-order valence-corrected chi connectivity index (χ3v) is 6.06. The van der Waals surface area contributed by atoms with Crippen molar-refractivity contribution in [2.45, 2.75) is 30.8 Å². The van der Waals surface area contributed by atoms with Crippen molar-refractivity contribution in [1.82, 2.24) is 4.72 Å². The molecule has 6 heteroatoms. The highest BCUT2D eigenvalue weighted by Crippen LogP contribution is 2.22. The van der Waals surface area contributed by atoms with Gasteiger partial charge in [-0.15, -0.1) is 0 Å². The largest absolute Gasteiger partial charge is 0.389 e. The standard InChI is InChI=1S/C14H21NO3S2/c1-11(16)13-2-4-14(5-3-13)20(17,18)15-10-12-6-8-19-9-7-12/h2-5,11-12,15-16H,6-10H2,1H3. The second kappa shape index (κ2) is 6.93. The molecule has 0 amide bonds. The summed E-state index contributed by atoms with van der Waals surface area (Å²) in [5.41, 5.74) is 0.716. The lowest BCUT2D eigenvalue weighted by Gasteiger charge is -2.21. The van der Waals surface area contributed by atoms with Gasteiger partial charge in [0.05, 0.1) is 11.0 Å². The first kappa shape index (κ1) is 15.8. The fraction of sp³-hybridized carbons (Fsp3) is 0.571. The van der Waals surface area contributed by atoms with Crippen molar-refractivity contribution >= 4 is 21.8 Å². The molecule has 1 heterocycles. The molecule has 1 unspecified atom stereocenters. The number of aliphatic hydroxyl groups is 1. The average molecular weight is 315 g/mol. The van der Waals surface area contributed by atoms with Gasteiger partial charge < -0.3 is 5.11 Å². The van der Waals surface area contributed by atoms with E-state index in [1.54, 1.807) is 31.2 Å². The number of thioether (sulfide) groups is 1. The summed E-state index contributed by atoms with van der Waals surface area (Å²) in [6.45, 7) is 2.17. The summed E-state index contributed by atoms with van der Waals surface area (Å²) >= 11 is 1.93. The molecular formula is C14H21NO3S2. The minimum Gasteiger partial charge on any atom is -0.389 e. The molecular weight excluding hydrogens is 294 g/mol. The summed E-state index contributed by atoms with van der Waals surface area (Å²) in [6.07, 6.45) is 1.57. The zero-order chi connectivity index (χ0) is 14.6. The Kier molecular flexibility index (Phi) is 5.49. The Balaban J connectivity index is 1.98. The summed E-state index contributed by atoms with van der Waals surface area (Å²) in [6, 6.07) is 6.38. The third kappa shape index (κ3) is 4.22. The first-order chi connectivity index (χ1) is 9.49. The lowest BCUT2D eigenvalue weighted by atomic mass is 10.0. The number of hydrogen-bond donors (Lipinski definition) is 2. The molecule has 0 aliphatic carbocycles. The molecule has 0 radical (unpaired) electrons. The van der Waals surface area contributed by atoms with Gasteiger partial charge in [0.1, 0.15) is 0 Å². The van der Waals surface area contributed by atoms with Gasteiger partial charge in [0.25, 0.3) is 0 Å². The first-order valence-corrected chi connectivity index (χ1v) is 9.48. The molecule has 1 aromatic carbocycles. The van der Waals surface area contributed by atoms with Crippen molar-refractivity contribution in [3.05, 3.63) is 29.8 Å². The van der Waals surface area contributed by atoms with Gasteiger partial charge in [-0.2, -0.15) is 11.8 Å². The van der Waals surface area contributed by atoms with Crippen LogP contribution in [0.1, 0.15) is 31.4 Å². The van der Waals surface area contributed by atoms with Crippen molar-refractivity contribution in [2.24, 2.45) is 5.92 Å². The van der Waals surface area contributed by atoms with Crippen LogP contribution in [0.3, 0.4) is 0 Å². The number of hydrogen-bond acceptors (Lipinski definition) is 4. The fourth-order valence-corrected chi connectivity index (χ4v) is 4.51. The van der Waals surface area contributed by atoms with Crippen LogP contribution in [0.5, 0.6) is 0 Å². The third-order valence-electron chi connectivity index (χ3n) is 3.58. The maximum Gasteiger partial charge on any atom is 0.240 e. The van der Waals surface area contributed by atoms with Gasteiger partial charge in [-0.25, -0.2) is 13.1 Å². The van der Waals surface area contributed by atoms with Gasteiger partial charge in [0.15, 0.2) is 0 Å². The van der Waals surface area contributed by atoms with E-state index in [-0.39, 0.29) is 4.90 Å². The molecule has 1 aliphatic heterocycles. The summed E-state index contributed by atoms with van der Waals surface area (Å²) < 4.78 is 27.0. The van der Waals surface area contributed by atoms with E-state index in [2.05, 4.69) is 4.72 Å². The second-order valence-electron chi connectivity index (χ2n) is 5.15. The molecule has 0 spiro atoms. The molecule has 0 saturated carbocycles. The van der Waals surface area contributed by atoms with Crippen molar-refractivity contribution in [3.8, 4) is 0 Å². The van der Waals surface area contributed by atoms with Crippen LogP contribution >= 0.6 is 11.8 Å². The van der Waals surface area contributed by atoms with Crippen LogP contribution in [0.2, 0.25) is 0 Å². The highest BCUT2D eigenvalue weighted by Gasteiger charge is 2.19. The van der Waals surface area contributed by atoms with E-state index in [0.717, 1.165) is 24.3 Å². The van der Waals surface area contributed by atoms with Crippen molar-refractivity contribution in [2.75, 3.05) is 18.1 Å². The number of nitrogens with one attached hydrogen (secondary N) is 1. The number of aliphatic hydroxyl groups excluding tert-OH is 1. The van der Waals surface area contributed by atoms with E-state index in [9.17, 15) is 13.5 Å². The van der Waals surface area contributed by atoms with Crippen LogP contribution in [0.4, 0.5) is 0 Å². The Bertz CT molecular complexity index is 520. The Hall–Kier alpha value is -0.560. The quantitative estimate of drug-likeness (QED) is 0.874. The maximum atomic E-state index is 12.2. The summed E-state index contributed by atoms with van der Waals surface area (Å²) in [5, 5.41) is 9.42. The average Bonchev–Trinajstić information content (AvgIpc) is 2.46. The summed E-state index contributed by atoms with van der Waals surface area (Å²) in [5.74, 6) is 2.69. The Morgan fingerprint density at radius 3 is 2.45 bits per heavy atom. The zero-order valence-corrected chi connectivity index (χ0v) is 13.2. The molecule has 2 rings (SSSR count). The smallest absolute Gasteiger partial charge is 0.240 e. The number of benzene rings is 1. The molecule has 20 heavy (non-hydrogen) atoms. The molecule has 1 atom stereocenters. The van der Waals surface area contributed by atoms with Gasteiger partial charge in [0, 0.05) is 6.54 Å². The van der Waals surface area contributed by atoms with Crippen LogP contribution in [0, 0.1) is 5.92 Å². The Labute approximate surface area is 125 Å². The minimum absolute atomic E-state index is 0.257. The summed E-state index contributed by atoms with van der Waals surface area (Å²) in [4.78, 5) is 0.257. The van der Waals surface area contributed by atoms with Gasteiger partial charge in [-0.1, -0.05) is 12.1 Å². The predicted molar refractivity (Wildman–Crippen MR) is 82.3 cm³/mol. The topological polar surface area (TPSA) is 66.4 Å². The SMILES string of the molecule is CC(O)c1ccc(S(=O)(=O)NCC2CCSCC2)cc1. The molecule has 1 fully saturated rings. The van der Waals surface area contributed by atoms with Gasteiger partial charge in [-0.05, 0) is 54.9 Å². The van der Waals surface area contributed by atoms with Crippen molar-refractivity contribution in [3.63, 3.8) is 0 Å². The van der Waals surface area contributed by atoms with Gasteiger partial charge in [-0.3, -0.25) is 0 Å². The maximum absolute atomic E-state index is 12.2. The molecule has 2 N–H and O–H groups in total. The molecule has 4 nitrogen and oxygen atoms in total. The van der Waals surface area contributed by atoms with Crippen LogP contribution < -0.4 is 4.72 Å². The van der Waals surface area contributed by atoms with E-state index < -0.39 is 16.1 Å². The fourth-order valence-electron chi connectivity index (χ4n) is 2.19. The Morgan fingerprint density at radius 2 is 1.90 bits per heavy atom. The van der Waals surface area contributed by atoms with Crippen molar-refractivity contribution < 1.29 is 13.5 Å². The second-order valence-corrected chi connectivity index (χ2v) is 8.14. The molecule has 0 bridgehead atoms. The molecule has 112 valence electrons. The zero-order valence-electron chi connectivity index (χ0n) is 11.6. The number of sulfonamides is 1. The van der Waals surface area contributed by atoms with Crippen LogP contribution in [-0.4, -0.2) is 31.6 Å². The van der Waals surface area contributed by atoms with E-state index in [1.807, 2.05) is 11.8 Å². The van der Waals surface area contributed by atoms with Crippen LogP contribution in [0.15, 0.2) is 29.2 Å². The van der Waals surface area contributed by atoms with E-state index >= 15 is 0 Å². The van der Waals surface area contributed by atoms with E-state index in [1.165, 1.54) is 0 Å². The highest BCUT2D eigenvalue weighted by atomic mass is 32.2.